The molecule has 124 valence electrons. The molecule has 6 nitrogen and oxygen atoms in total. The van der Waals surface area contributed by atoms with Crippen LogP contribution in [0.1, 0.15) is 5.56 Å². The zero-order valence-corrected chi connectivity index (χ0v) is 14.4. The summed E-state index contributed by atoms with van der Waals surface area (Å²) in [7, 11) is 0. The molecule has 2 N–H and O–H groups in total. The van der Waals surface area contributed by atoms with E-state index in [1.165, 1.54) is 0 Å². The number of rotatable bonds is 3. The van der Waals surface area contributed by atoms with Gasteiger partial charge in [0.05, 0.1) is 12.9 Å². The zero-order valence-electron chi connectivity index (χ0n) is 12.9. The van der Waals surface area contributed by atoms with Crippen LogP contribution in [0.15, 0.2) is 49.1 Å². The van der Waals surface area contributed by atoms with Gasteiger partial charge in [0.25, 0.3) is 0 Å². The van der Waals surface area contributed by atoms with Crippen LogP contribution < -0.4 is 5.49 Å². The van der Waals surface area contributed by atoms with Gasteiger partial charge in [0.2, 0.25) is 0 Å². The van der Waals surface area contributed by atoms with Crippen LogP contribution in [0.2, 0.25) is 10.0 Å². The second-order valence-corrected chi connectivity index (χ2v) is 6.26. The smallest absolute Gasteiger partial charge is 0.173 e. The average Bonchev–Trinajstić information content (AvgIpc) is 3.07. The summed E-state index contributed by atoms with van der Waals surface area (Å²) in [5.74, 6) is 0.651. The predicted molar refractivity (Wildman–Crippen MR) is 96.5 cm³/mol. The third-order valence-corrected chi connectivity index (χ3v) is 4.57. The lowest BCUT2D eigenvalue weighted by Crippen LogP contribution is -2.13. The number of pyridine rings is 1. The first-order chi connectivity index (χ1) is 12.1. The van der Waals surface area contributed by atoms with E-state index in [0.717, 1.165) is 11.1 Å². The number of benzene rings is 1. The van der Waals surface area contributed by atoms with E-state index in [1.54, 1.807) is 36.9 Å². The van der Waals surface area contributed by atoms with E-state index in [-0.39, 0.29) is 5.49 Å². The molecule has 4 rings (SSSR count). The molecule has 3 heterocycles. The summed E-state index contributed by atoms with van der Waals surface area (Å²) in [5.41, 5.74) is 2.96. The predicted octanol–water partition coefficient (Wildman–Crippen LogP) is 3.66. The van der Waals surface area contributed by atoms with Crippen molar-refractivity contribution in [2.24, 2.45) is 0 Å². The number of hydrogen-bond acceptors (Lipinski definition) is 4. The van der Waals surface area contributed by atoms with Crippen LogP contribution >= 0.6 is 23.2 Å². The Hall–Kier alpha value is -2.70. The minimum absolute atomic E-state index is 0.129. The lowest BCUT2D eigenvalue weighted by molar-refractivity contribution is 0.784. The van der Waals surface area contributed by atoms with E-state index in [2.05, 4.69) is 19.9 Å². The summed E-state index contributed by atoms with van der Waals surface area (Å²) >= 11 is 12.5. The zero-order chi connectivity index (χ0) is 17.4. The molecule has 0 radical (unpaired) electrons. The SMILES string of the molecule is N=c1ncn(Cc2c(Cl)cccc2Cl)c2nc(-c3ccncc3)[nH]c12. The fourth-order valence-electron chi connectivity index (χ4n) is 2.60. The van der Waals surface area contributed by atoms with Crippen molar-refractivity contribution >= 4 is 34.4 Å². The van der Waals surface area contributed by atoms with Gasteiger partial charge in [0, 0.05) is 33.6 Å². The second-order valence-electron chi connectivity index (χ2n) is 5.44. The number of aromatic nitrogens is 5. The van der Waals surface area contributed by atoms with Crippen LogP contribution in [0.25, 0.3) is 22.6 Å². The molecule has 0 saturated heterocycles. The summed E-state index contributed by atoms with van der Waals surface area (Å²) in [6, 6.07) is 9.09. The van der Waals surface area contributed by atoms with Gasteiger partial charge in [-0.15, -0.1) is 0 Å². The summed E-state index contributed by atoms with van der Waals surface area (Å²) in [6.45, 7) is 0.406. The molecule has 0 saturated carbocycles. The van der Waals surface area contributed by atoms with Gasteiger partial charge in [-0.05, 0) is 24.3 Å². The highest BCUT2D eigenvalue weighted by Crippen LogP contribution is 2.26. The number of aromatic amines is 1. The Balaban J connectivity index is 1.87. The number of hydrogen-bond donors (Lipinski definition) is 2. The summed E-state index contributed by atoms with van der Waals surface area (Å²) in [6.07, 6.45) is 4.96. The fraction of sp³-hybridized carbons (Fsp3) is 0.0588. The lowest BCUT2D eigenvalue weighted by atomic mass is 10.2. The van der Waals surface area contributed by atoms with E-state index in [9.17, 15) is 0 Å². The monoisotopic (exact) mass is 370 g/mol. The Kier molecular flexibility index (Phi) is 3.99. The Labute approximate surface area is 152 Å². The topological polar surface area (TPSA) is 83.2 Å². The van der Waals surface area contributed by atoms with Crippen molar-refractivity contribution < 1.29 is 0 Å². The molecule has 1 aromatic carbocycles. The Morgan fingerprint density at radius 3 is 2.52 bits per heavy atom. The van der Waals surface area contributed by atoms with Crippen molar-refractivity contribution in [2.45, 2.75) is 6.54 Å². The molecule has 0 spiro atoms. The number of fused-ring (bicyclic) bond motifs is 1. The molecule has 0 aliphatic carbocycles. The van der Waals surface area contributed by atoms with Crippen molar-refractivity contribution in [3.63, 3.8) is 0 Å². The normalized spacial score (nSPS) is 11.1. The molecule has 0 aliphatic heterocycles. The molecule has 0 bridgehead atoms. The van der Waals surface area contributed by atoms with E-state index in [4.69, 9.17) is 28.6 Å². The Bertz CT molecular complexity index is 1100. The lowest BCUT2D eigenvalue weighted by Gasteiger charge is -2.10. The van der Waals surface area contributed by atoms with Crippen molar-refractivity contribution in [1.29, 1.82) is 5.41 Å². The van der Waals surface area contributed by atoms with Crippen LogP contribution in [0.3, 0.4) is 0 Å². The fourth-order valence-corrected chi connectivity index (χ4v) is 3.12. The van der Waals surface area contributed by atoms with E-state index >= 15 is 0 Å². The highest BCUT2D eigenvalue weighted by molar-refractivity contribution is 6.36. The Morgan fingerprint density at radius 2 is 1.80 bits per heavy atom. The molecular formula is C17H12Cl2N6. The molecule has 25 heavy (non-hydrogen) atoms. The van der Waals surface area contributed by atoms with Crippen LogP contribution in [0, 0.1) is 5.41 Å². The number of nitrogens with one attached hydrogen (secondary N) is 2. The summed E-state index contributed by atoms with van der Waals surface area (Å²) in [5, 5.41) is 9.19. The van der Waals surface area contributed by atoms with Crippen LogP contribution in [0.5, 0.6) is 0 Å². The maximum absolute atomic E-state index is 8.04. The first-order valence-electron chi connectivity index (χ1n) is 7.46. The maximum Gasteiger partial charge on any atom is 0.173 e. The van der Waals surface area contributed by atoms with Crippen molar-refractivity contribution in [2.75, 3.05) is 0 Å². The van der Waals surface area contributed by atoms with Gasteiger partial charge in [0.1, 0.15) is 11.3 Å². The minimum Gasteiger partial charge on any atom is -0.334 e. The minimum atomic E-state index is 0.129. The van der Waals surface area contributed by atoms with Gasteiger partial charge in [-0.1, -0.05) is 29.3 Å². The van der Waals surface area contributed by atoms with E-state index < -0.39 is 0 Å². The highest BCUT2D eigenvalue weighted by Gasteiger charge is 2.13. The summed E-state index contributed by atoms with van der Waals surface area (Å²) < 4.78 is 1.82. The molecule has 4 aromatic rings. The number of halogens is 2. The molecule has 0 aliphatic rings. The largest absolute Gasteiger partial charge is 0.334 e. The van der Waals surface area contributed by atoms with E-state index in [1.807, 2.05) is 16.7 Å². The van der Waals surface area contributed by atoms with Gasteiger partial charge in [-0.2, -0.15) is 0 Å². The maximum atomic E-state index is 8.04. The number of imidazole rings is 1. The third-order valence-electron chi connectivity index (χ3n) is 3.86. The standard InChI is InChI=1S/C17H12Cl2N6/c18-12-2-1-3-13(19)11(12)8-25-9-22-15(20)14-17(25)24-16(23-14)10-4-6-21-7-5-10/h1-7,9,20H,8H2,(H,23,24). The van der Waals surface area contributed by atoms with Gasteiger partial charge >= 0.3 is 0 Å². The van der Waals surface area contributed by atoms with Crippen LogP contribution in [0.4, 0.5) is 0 Å². The molecule has 8 heteroatoms. The van der Waals surface area contributed by atoms with Gasteiger partial charge in [-0.25, -0.2) is 9.97 Å². The molecule has 0 fully saturated rings. The van der Waals surface area contributed by atoms with Gasteiger partial charge in [-0.3, -0.25) is 10.4 Å². The number of H-pyrrole nitrogens is 1. The summed E-state index contributed by atoms with van der Waals surface area (Å²) in [4.78, 5) is 15.9. The van der Waals surface area contributed by atoms with E-state index in [0.29, 0.717) is 33.6 Å². The molecule has 0 atom stereocenters. The molecule has 0 unspecified atom stereocenters. The first kappa shape index (κ1) is 15.8. The molecule has 0 amide bonds. The average molecular weight is 371 g/mol. The van der Waals surface area contributed by atoms with Gasteiger partial charge < -0.3 is 9.55 Å². The van der Waals surface area contributed by atoms with Crippen LogP contribution in [-0.4, -0.2) is 24.5 Å². The second kappa shape index (κ2) is 6.31. The third kappa shape index (κ3) is 2.90. The van der Waals surface area contributed by atoms with Gasteiger partial charge in [0.15, 0.2) is 11.1 Å². The number of nitrogens with zero attached hydrogens (tertiary/aromatic N) is 4. The van der Waals surface area contributed by atoms with Crippen molar-refractivity contribution in [3.05, 3.63) is 70.1 Å². The molecule has 3 aromatic heterocycles. The van der Waals surface area contributed by atoms with Crippen LogP contribution in [-0.2, 0) is 6.54 Å². The quantitative estimate of drug-likeness (QED) is 0.577. The molecular weight excluding hydrogens is 359 g/mol. The van der Waals surface area contributed by atoms with Crippen molar-refractivity contribution in [3.8, 4) is 11.4 Å². The Morgan fingerprint density at radius 1 is 1.08 bits per heavy atom. The van der Waals surface area contributed by atoms with Crippen molar-refractivity contribution in [1.82, 2.24) is 24.5 Å². The highest BCUT2D eigenvalue weighted by atomic mass is 35.5. The first-order valence-corrected chi connectivity index (χ1v) is 8.22.